The highest BCUT2D eigenvalue weighted by Gasteiger charge is 2.01. The van der Waals surface area contributed by atoms with E-state index in [9.17, 15) is 0 Å². The number of aromatic amines is 1. The summed E-state index contributed by atoms with van der Waals surface area (Å²) < 4.78 is 0.999. The second-order valence-corrected chi connectivity index (χ2v) is 3.55. The van der Waals surface area contributed by atoms with E-state index >= 15 is 0 Å². The van der Waals surface area contributed by atoms with Crippen molar-refractivity contribution in [1.82, 2.24) is 4.98 Å². The first-order valence-electron chi connectivity index (χ1n) is 3.77. The molecule has 2 rings (SSSR count). The number of aromatic nitrogens is 1. The van der Waals surface area contributed by atoms with Crippen molar-refractivity contribution in [3.05, 3.63) is 34.4 Å². The molecule has 12 heavy (non-hydrogen) atoms. The lowest BCUT2D eigenvalue weighted by Gasteiger charge is -1.96. The van der Waals surface area contributed by atoms with Gasteiger partial charge >= 0.3 is 0 Å². The average molecular weight is 225 g/mol. The predicted octanol–water partition coefficient (Wildman–Crippen LogP) is 2.39. The van der Waals surface area contributed by atoms with E-state index in [1.54, 1.807) is 0 Å². The van der Waals surface area contributed by atoms with Crippen LogP contribution in [0, 0.1) is 0 Å². The van der Waals surface area contributed by atoms with Gasteiger partial charge in [-0.1, -0.05) is 12.1 Å². The van der Waals surface area contributed by atoms with Crippen LogP contribution in [0.15, 0.2) is 28.9 Å². The van der Waals surface area contributed by atoms with Gasteiger partial charge in [0.2, 0.25) is 0 Å². The van der Waals surface area contributed by atoms with Gasteiger partial charge in [0, 0.05) is 17.4 Å². The summed E-state index contributed by atoms with van der Waals surface area (Å²) in [5, 5.41) is 1.20. The number of halogens is 1. The van der Waals surface area contributed by atoms with Gasteiger partial charge in [-0.2, -0.15) is 0 Å². The summed E-state index contributed by atoms with van der Waals surface area (Å²) in [6.45, 7) is 0.585. The van der Waals surface area contributed by atoms with Crippen molar-refractivity contribution in [2.75, 3.05) is 0 Å². The van der Waals surface area contributed by atoms with Gasteiger partial charge in [-0.25, -0.2) is 0 Å². The third-order valence-corrected chi connectivity index (χ3v) is 2.37. The van der Waals surface area contributed by atoms with Crippen LogP contribution in [-0.4, -0.2) is 4.98 Å². The number of rotatable bonds is 1. The minimum Gasteiger partial charge on any atom is -0.349 e. The number of nitrogens with one attached hydrogen (secondary N) is 1. The molecule has 0 fully saturated rings. The SMILES string of the molecule is NCc1cccc2[nH]c(Br)cc12. The van der Waals surface area contributed by atoms with Crippen molar-refractivity contribution in [3.8, 4) is 0 Å². The molecule has 2 nitrogen and oxygen atoms in total. The Bertz CT molecular complexity index is 406. The largest absolute Gasteiger partial charge is 0.349 e. The molecular formula is C9H9BrN2. The molecule has 0 saturated carbocycles. The Morgan fingerprint density at radius 1 is 1.42 bits per heavy atom. The van der Waals surface area contributed by atoms with Crippen LogP contribution in [-0.2, 0) is 6.54 Å². The van der Waals surface area contributed by atoms with Gasteiger partial charge in [0.1, 0.15) is 0 Å². The number of H-pyrrole nitrogens is 1. The molecule has 0 unspecified atom stereocenters. The Morgan fingerprint density at radius 2 is 2.25 bits per heavy atom. The van der Waals surface area contributed by atoms with Crippen molar-refractivity contribution < 1.29 is 0 Å². The first-order chi connectivity index (χ1) is 5.81. The van der Waals surface area contributed by atoms with Crippen LogP contribution >= 0.6 is 15.9 Å². The lowest BCUT2D eigenvalue weighted by molar-refractivity contribution is 1.09. The zero-order chi connectivity index (χ0) is 8.55. The Hall–Kier alpha value is -0.800. The van der Waals surface area contributed by atoms with Gasteiger partial charge < -0.3 is 10.7 Å². The summed E-state index contributed by atoms with van der Waals surface area (Å²) in [5.74, 6) is 0. The molecule has 62 valence electrons. The summed E-state index contributed by atoms with van der Waals surface area (Å²) in [6.07, 6.45) is 0. The van der Waals surface area contributed by atoms with Crippen LogP contribution in [0.25, 0.3) is 10.9 Å². The van der Waals surface area contributed by atoms with Gasteiger partial charge in [0.05, 0.1) is 4.60 Å². The number of fused-ring (bicyclic) bond motifs is 1. The second-order valence-electron chi connectivity index (χ2n) is 2.70. The molecule has 3 N–H and O–H groups in total. The lowest BCUT2D eigenvalue weighted by atomic mass is 10.1. The van der Waals surface area contributed by atoms with E-state index in [1.807, 2.05) is 18.2 Å². The molecule has 0 aliphatic heterocycles. The fourth-order valence-corrected chi connectivity index (χ4v) is 1.80. The highest BCUT2D eigenvalue weighted by molar-refractivity contribution is 9.10. The third-order valence-electron chi connectivity index (χ3n) is 1.94. The molecule has 2 aromatic rings. The van der Waals surface area contributed by atoms with Gasteiger partial charge in [-0.05, 0) is 33.6 Å². The average Bonchev–Trinajstić information content (AvgIpc) is 2.44. The molecule has 0 bridgehead atoms. The molecule has 0 atom stereocenters. The van der Waals surface area contributed by atoms with E-state index in [-0.39, 0.29) is 0 Å². The maximum atomic E-state index is 5.60. The van der Waals surface area contributed by atoms with E-state index in [2.05, 4.69) is 27.0 Å². The number of nitrogens with two attached hydrogens (primary N) is 1. The normalized spacial score (nSPS) is 10.8. The summed E-state index contributed by atoms with van der Waals surface area (Å²) >= 11 is 3.39. The minimum atomic E-state index is 0.585. The zero-order valence-electron chi connectivity index (χ0n) is 6.47. The topological polar surface area (TPSA) is 41.8 Å². The molecule has 0 aliphatic carbocycles. The quantitative estimate of drug-likeness (QED) is 0.768. The van der Waals surface area contributed by atoms with Crippen LogP contribution in [0.5, 0.6) is 0 Å². The van der Waals surface area contributed by atoms with Crippen LogP contribution in [0.2, 0.25) is 0 Å². The zero-order valence-corrected chi connectivity index (χ0v) is 8.06. The van der Waals surface area contributed by atoms with E-state index < -0.39 is 0 Å². The Morgan fingerprint density at radius 3 is 3.00 bits per heavy atom. The first-order valence-corrected chi connectivity index (χ1v) is 4.57. The standard InChI is InChI=1S/C9H9BrN2/c10-9-4-7-6(5-11)2-1-3-8(7)12-9/h1-4,12H,5,11H2. The lowest BCUT2D eigenvalue weighted by Crippen LogP contribution is -1.95. The molecule has 1 aromatic heterocycles. The van der Waals surface area contributed by atoms with Crippen molar-refractivity contribution in [2.24, 2.45) is 5.73 Å². The van der Waals surface area contributed by atoms with E-state index in [0.717, 1.165) is 10.1 Å². The Balaban J connectivity index is 2.78. The van der Waals surface area contributed by atoms with Crippen LogP contribution in [0.1, 0.15) is 5.56 Å². The number of hydrogen-bond acceptors (Lipinski definition) is 1. The van der Waals surface area contributed by atoms with Gasteiger partial charge in [0.25, 0.3) is 0 Å². The smallest absolute Gasteiger partial charge is 0.0831 e. The summed E-state index contributed by atoms with van der Waals surface area (Å²) in [6, 6.07) is 8.15. The van der Waals surface area contributed by atoms with Gasteiger partial charge in [0.15, 0.2) is 0 Å². The van der Waals surface area contributed by atoms with E-state index in [1.165, 1.54) is 10.9 Å². The fourth-order valence-electron chi connectivity index (χ4n) is 1.36. The predicted molar refractivity (Wildman–Crippen MR) is 53.9 cm³/mol. The molecule has 0 radical (unpaired) electrons. The van der Waals surface area contributed by atoms with Crippen molar-refractivity contribution in [3.63, 3.8) is 0 Å². The molecule has 0 spiro atoms. The minimum absolute atomic E-state index is 0.585. The van der Waals surface area contributed by atoms with Gasteiger partial charge in [-0.15, -0.1) is 0 Å². The molecular weight excluding hydrogens is 216 g/mol. The molecule has 3 heteroatoms. The molecule has 0 amide bonds. The Labute approximate surface area is 78.9 Å². The van der Waals surface area contributed by atoms with Crippen molar-refractivity contribution >= 4 is 26.8 Å². The summed E-state index contributed by atoms with van der Waals surface area (Å²) in [7, 11) is 0. The number of hydrogen-bond donors (Lipinski definition) is 2. The van der Waals surface area contributed by atoms with Crippen LogP contribution < -0.4 is 5.73 Å². The summed E-state index contributed by atoms with van der Waals surface area (Å²) in [4.78, 5) is 3.19. The maximum Gasteiger partial charge on any atom is 0.0831 e. The number of benzene rings is 1. The Kier molecular flexibility index (Phi) is 1.90. The monoisotopic (exact) mass is 224 g/mol. The molecule has 0 saturated heterocycles. The van der Waals surface area contributed by atoms with Crippen LogP contribution in [0.4, 0.5) is 0 Å². The molecule has 1 aromatic carbocycles. The van der Waals surface area contributed by atoms with Gasteiger partial charge in [-0.3, -0.25) is 0 Å². The summed E-state index contributed by atoms with van der Waals surface area (Å²) in [5.41, 5.74) is 7.90. The van der Waals surface area contributed by atoms with E-state index in [4.69, 9.17) is 5.73 Å². The first kappa shape index (κ1) is 7.83. The fraction of sp³-hybridized carbons (Fsp3) is 0.111. The van der Waals surface area contributed by atoms with Crippen molar-refractivity contribution in [1.29, 1.82) is 0 Å². The van der Waals surface area contributed by atoms with Crippen molar-refractivity contribution in [2.45, 2.75) is 6.54 Å². The maximum absolute atomic E-state index is 5.60. The molecule has 0 aliphatic rings. The highest BCUT2D eigenvalue weighted by Crippen LogP contribution is 2.22. The molecule has 1 heterocycles. The van der Waals surface area contributed by atoms with Crippen LogP contribution in [0.3, 0.4) is 0 Å². The highest BCUT2D eigenvalue weighted by atomic mass is 79.9. The third kappa shape index (κ3) is 1.15. The second kappa shape index (κ2) is 2.92. The van der Waals surface area contributed by atoms with E-state index in [0.29, 0.717) is 6.54 Å².